The second-order valence-electron chi connectivity index (χ2n) is 5.97. The van der Waals surface area contributed by atoms with Crippen LogP contribution in [0.2, 0.25) is 0 Å². The molecule has 27 heavy (non-hydrogen) atoms. The van der Waals surface area contributed by atoms with Crippen LogP contribution in [0, 0.1) is 0 Å². The number of halogens is 1. The van der Waals surface area contributed by atoms with Gasteiger partial charge in [0.05, 0.1) is 17.7 Å². The van der Waals surface area contributed by atoms with E-state index >= 15 is 0 Å². The zero-order chi connectivity index (χ0) is 19.7. The molecule has 140 valence electrons. The zero-order valence-electron chi connectivity index (χ0n) is 14.9. The number of hydrogen-bond donors (Lipinski definition) is 1. The number of carbonyl (C=O) groups is 1. The van der Waals surface area contributed by atoms with Crippen molar-refractivity contribution in [3.63, 3.8) is 0 Å². The molecule has 0 atom stereocenters. The Hall–Kier alpha value is -2.03. The Morgan fingerprint density at radius 1 is 1.26 bits per heavy atom. The fourth-order valence-electron chi connectivity index (χ4n) is 2.56. The van der Waals surface area contributed by atoms with Crippen molar-refractivity contribution in [2.24, 2.45) is 0 Å². The summed E-state index contributed by atoms with van der Waals surface area (Å²) >= 11 is 10.1. The van der Waals surface area contributed by atoms with Crippen LogP contribution >= 0.6 is 39.9 Å². The minimum atomic E-state index is -0.179. The largest absolute Gasteiger partial charge is 0.504 e. The molecule has 1 aliphatic heterocycles. The summed E-state index contributed by atoms with van der Waals surface area (Å²) < 4.78 is 6.27. The van der Waals surface area contributed by atoms with Gasteiger partial charge in [-0.2, -0.15) is 0 Å². The Bertz CT molecular complexity index is 943. The lowest BCUT2D eigenvalue weighted by Gasteiger charge is -2.17. The number of thiocarbonyl (C=S) groups is 1. The third-order valence-corrected chi connectivity index (χ3v) is 5.99. The third-order valence-electron chi connectivity index (χ3n) is 4.00. The Labute approximate surface area is 175 Å². The van der Waals surface area contributed by atoms with E-state index in [0.717, 1.165) is 11.4 Å². The smallest absolute Gasteiger partial charge is 0.270 e. The van der Waals surface area contributed by atoms with E-state index in [4.69, 9.17) is 17.0 Å². The Balaban J connectivity index is 1.93. The number of thioether (sulfide) groups is 1. The third kappa shape index (κ3) is 3.97. The van der Waals surface area contributed by atoms with E-state index in [0.29, 0.717) is 25.0 Å². The van der Waals surface area contributed by atoms with Crippen LogP contribution in [-0.2, 0) is 4.79 Å². The first kappa shape index (κ1) is 19.7. The fourth-order valence-corrected chi connectivity index (χ4v) is 4.30. The maximum atomic E-state index is 12.9. The molecule has 1 aliphatic rings. The first-order valence-electron chi connectivity index (χ1n) is 7.93. The first-order valence-corrected chi connectivity index (χ1v) is 9.95. The lowest BCUT2D eigenvalue weighted by molar-refractivity contribution is -0.113. The number of aromatic hydroxyl groups is 1. The zero-order valence-corrected chi connectivity index (χ0v) is 18.1. The van der Waals surface area contributed by atoms with Crippen LogP contribution in [0.5, 0.6) is 11.5 Å². The summed E-state index contributed by atoms with van der Waals surface area (Å²) in [4.78, 5) is 16.9. The molecule has 3 rings (SSSR count). The summed E-state index contributed by atoms with van der Waals surface area (Å²) in [6.07, 6.45) is 1.74. The number of methoxy groups -OCH3 is 1. The SMILES string of the molecule is COc1cc(/C=C2/SC(=S)N(c3ccc(N(C)C)cc3)C2=O)c(Br)cc1O. The summed E-state index contributed by atoms with van der Waals surface area (Å²) in [6.45, 7) is 0. The molecule has 0 aliphatic carbocycles. The number of ether oxygens (including phenoxy) is 1. The van der Waals surface area contributed by atoms with E-state index in [1.807, 2.05) is 43.3 Å². The van der Waals surface area contributed by atoms with Crippen LogP contribution in [0.3, 0.4) is 0 Å². The number of hydrogen-bond acceptors (Lipinski definition) is 6. The molecular formula is C19H17BrN2O3S2. The fraction of sp³-hybridized carbons (Fsp3) is 0.158. The molecule has 2 aromatic rings. The van der Waals surface area contributed by atoms with Gasteiger partial charge in [0.2, 0.25) is 0 Å². The van der Waals surface area contributed by atoms with Gasteiger partial charge in [0.15, 0.2) is 15.8 Å². The molecule has 0 radical (unpaired) electrons. The highest BCUT2D eigenvalue weighted by Gasteiger charge is 2.33. The number of benzene rings is 2. The second kappa shape index (κ2) is 7.92. The number of nitrogens with zero attached hydrogens (tertiary/aromatic N) is 2. The average molecular weight is 465 g/mol. The van der Waals surface area contributed by atoms with Gasteiger partial charge in [-0.05, 0) is 48.0 Å². The Morgan fingerprint density at radius 2 is 1.93 bits per heavy atom. The van der Waals surface area contributed by atoms with Crippen LogP contribution < -0.4 is 14.5 Å². The van der Waals surface area contributed by atoms with E-state index < -0.39 is 0 Å². The van der Waals surface area contributed by atoms with Crippen molar-refractivity contribution >= 4 is 67.6 Å². The van der Waals surface area contributed by atoms with Crippen molar-refractivity contribution in [1.29, 1.82) is 0 Å². The van der Waals surface area contributed by atoms with Crippen molar-refractivity contribution in [1.82, 2.24) is 0 Å². The molecule has 1 saturated heterocycles. The highest BCUT2D eigenvalue weighted by molar-refractivity contribution is 9.10. The summed E-state index contributed by atoms with van der Waals surface area (Å²) in [5, 5.41) is 9.84. The molecule has 0 unspecified atom stereocenters. The normalized spacial score (nSPS) is 15.6. The van der Waals surface area contributed by atoms with Crippen LogP contribution in [-0.4, -0.2) is 36.5 Å². The predicted molar refractivity (Wildman–Crippen MR) is 119 cm³/mol. The molecule has 1 amide bonds. The minimum absolute atomic E-state index is 0.0232. The number of anilines is 2. The monoisotopic (exact) mass is 464 g/mol. The summed E-state index contributed by atoms with van der Waals surface area (Å²) in [6, 6.07) is 10.8. The van der Waals surface area contributed by atoms with E-state index in [2.05, 4.69) is 15.9 Å². The van der Waals surface area contributed by atoms with Crippen LogP contribution in [0.1, 0.15) is 5.56 Å². The maximum Gasteiger partial charge on any atom is 0.270 e. The van der Waals surface area contributed by atoms with Crippen molar-refractivity contribution in [2.45, 2.75) is 0 Å². The van der Waals surface area contributed by atoms with Gasteiger partial charge in [-0.25, -0.2) is 0 Å². The molecule has 5 nitrogen and oxygen atoms in total. The van der Waals surface area contributed by atoms with Gasteiger partial charge in [-0.1, -0.05) is 39.9 Å². The molecule has 1 N–H and O–H groups in total. The van der Waals surface area contributed by atoms with E-state index in [1.54, 1.807) is 12.1 Å². The molecule has 0 aromatic heterocycles. The topological polar surface area (TPSA) is 53.0 Å². The molecule has 1 heterocycles. The lowest BCUT2D eigenvalue weighted by Crippen LogP contribution is -2.27. The van der Waals surface area contributed by atoms with E-state index in [9.17, 15) is 9.90 Å². The molecule has 8 heteroatoms. The molecular weight excluding hydrogens is 448 g/mol. The quantitative estimate of drug-likeness (QED) is 0.525. The highest BCUT2D eigenvalue weighted by atomic mass is 79.9. The Morgan fingerprint density at radius 3 is 2.52 bits per heavy atom. The number of phenolic OH excluding ortho intramolecular Hbond substituents is 1. The number of rotatable bonds is 4. The van der Waals surface area contributed by atoms with Crippen LogP contribution in [0.15, 0.2) is 45.8 Å². The first-order chi connectivity index (χ1) is 12.8. The van der Waals surface area contributed by atoms with E-state index in [1.165, 1.54) is 29.8 Å². The Kier molecular flexibility index (Phi) is 5.78. The van der Waals surface area contributed by atoms with Crippen LogP contribution in [0.4, 0.5) is 11.4 Å². The molecule has 1 fully saturated rings. The number of amides is 1. The van der Waals surface area contributed by atoms with E-state index in [-0.39, 0.29) is 11.7 Å². The van der Waals surface area contributed by atoms with Crippen molar-refractivity contribution < 1.29 is 14.6 Å². The maximum absolute atomic E-state index is 12.9. The summed E-state index contributed by atoms with van der Waals surface area (Å²) in [5.41, 5.74) is 2.49. The number of carbonyl (C=O) groups excluding carboxylic acids is 1. The van der Waals surface area contributed by atoms with Gasteiger partial charge >= 0.3 is 0 Å². The number of phenols is 1. The van der Waals surface area contributed by atoms with Crippen molar-refractivity contribution in [2.75, 3.05) is 31.0 Å². The lowest BCUT2D eigenvalue weighted by atomic mass is 10.1. The van der Waals surface area contributed by atoms with Gasteiger partial charge in [-0.15, -0.1) is 0 Å². The highest BCUT2D eigenvalue weighted by Crippen LogP contribution is 2.39. The van der Waals surface area contributed by atoms with Crippen molar-refractivity contribution in [3.8, 4) is 11.5 Å². The minimum Gasteiger partial charge on any atom is -0.504 e. The second-order valence-corrected chi connectivity index (χ2v) is 8.50. The van der Waals surface area contributed by atoms with Gasteiger partial charge in [-0.3, -0.25) is 9.69 Å². The van der Waals surface area contributed by atoms with Gasteiger partial charge in [0.1, 0.15) is 0 Å². The predicted octanol–water partition coefficient (Wildman–Crippen LogP) is 4.64. The summed E-state index contributed by atoms with van der Waals surface area (Å²) in [5.74, 6) is 0.177. The molecule has 0 spiro atoms. The standard InChI is InChI=1S/C19H17BrN2O3S2/c1-21(2)12-4-6-13(7-5-12)22-18(24)17(27-19(22)26)9-11-8-16(25-3)15(23)10-14(11)20/h4-10,23H,1-3H3/b17-9+. The molecule has 0 saturated carbocycles. The molecule has 0 bridgehead atoms. The van der Waals surface area contributed by atoms with Gasteiger partial charge in [0.25, 0.3) is 5.91 Å². The van der Waals surface area contributed by atoms with Gasteiger partial charge < -0.3 is 14.7 Å². The molecule has 2 aromatic carbocycles. The average Bonchev–Trinajstić information content (AvgIpc) is 2.91. The summed E-state index contributed by atoms with van der Waals surface area (Å²) in [7, 11) is 5.39. The van der Waals surface area contributed by atoms with Gasteiger partial charge in [0, 0.05) is 24.3 Å². The van der Waals surface area contributed by atoms with Crippen LogP contribution in [0.25, 0.3) is 6.08 Å². The van der Waals surface area contributed by atoms with Crippen molar-refractivity contribution in [3.05, 3.63) is 51.3 Å².